The molecule has 3 aromatic carbocycles. The summed E-state index contributed by atoms with van der Waals surface area (Å²) in [4.78, 5) is 18.7. The van der Waals surface area contributed by atoms with Gasteiger partial charge in [0.25, 0.3) is 0 Å². The van der Waals surface area contributed by atoms with Crippen molar-refractivity contribution in [2.45, 2.75) is 19.6 Å². The first-order valence-electron chi connectivity index (χ1n) is 9.47. The maximum absolute atomic E-state index is 4.75. The minimum Gasteiger partial charge on any atom is -0.341 e. The van der Waals surface area contributed by atoms with Gasteiger partial charge in [-0.05, 0) is 29.8 Å². The van der Waals surface area contributed by atoms with E-state index in [1.54, 1.807) is 0 Å². The lowest BCUT2D eigenvalue weighted by Gasteiger charge is -2.20. The zero-order valence-electron chi connectivity index (χ0n) is 15.5. The molecule has 0 saturated carbocycles. The van der Waals surface area contributed by atoms with Gasteiger partial charge in [-0.15, -0.1) is 0 Å². The number of nitrogens with one attached hydrogen (secondary N) is 2. The van der Waals surface area contributed by atoms with Gasteiger partial charge in [-0.2, -0.15) is 0 Å². The number of para-hydroxylation sites is 4. The van der Waals surface area contributed by atoms with Gasteiger partial charge in [-0.1, -0.05) is 54.6 Å². The second-order valence-electron chi connectivity index (χ2n) is 7.03. The lowest BCUT2D eigenvalue weighted by atomic mass is 10.2. The summed E-state index contributed by atoms with van der Waals surface area (Å²) in [5, 5.41) is 0. The number of nitrogens with zero attached hydrogens (tertiary/aromatic N) is 3. The maximum atomic E-state index is 4.75. The van der Waals surface area contributed by atoms with Gasteiger partial charge in [-0.3, -0.25) is 4.90 Å². The predicted octanol–water partition coefficient (Wildman–Crippen LogP) is 4.64. The Morgan fingerprint density at radius 2 is 1.07 bits per heavy atom. The van der Waals surface area contributed by atoms with Crippen molar-refractivity contribution in [3.8, 4) is 0 Å². The van der Waals surface area contributed by atoms with E-state index in [0.717, 1.165) is 53.3 Å². The second-order valence-corrected chi connectivity index (χ2v) is 7.03. The highest BCUT2D eigenvalue weighted by atomic mass is 15.2. The summed E-state index contributed by atoms with van der Waals surface area (Å²) >= 11 is 0. The number of benzene rings is 3. The Morgan fingerprint density at radius 3 is 1.61 bits per heavy atom. The third kappa shape index (κ3) is 3.52. The molecule has 5 heteroatoms. The SMILES string of the molecule is c1ccc(CN(Cc2nc3ccccc3[nH]2)Cc2nc3ccccc3[nH]2)cc1. The molecule has 138 valence electrons. The quantitative estimate of drug-likeness (QED) is 0.459. The summed E-state index contributed by atoms with van der Waals surface area (Å²) in [6, 6.07) is 26.8. The van der Waals surface area contributed by atoms with Crippen molar-refractivity contribution in [2.24, 2.45) is 0 Å². The average molecular weight is 367 g/mol. The third-order valence-corrected chi connectivity index (χ3v) is 4.87. The Morgan fingerprint density at radius 1 is 0.571 bits per heavy atom. The van der Waals surface area contributed by atoms with Crippen molar-refractivity contribution in [2.75, 3.05) is 0 Å². The number of H-pyrrole nitrogens is 2. The van der Waals surface area contributed by atoms with Crippen molar-refractivity contribution in [1.82, 2.24) is 24.8 Å². The van der Waals surface area contributed by atoms with Gasteiger partial charge in [0.1, 0.15) is 11.6 Å². The summed E-state index contributed by atoms with van der Waals surface area (Å²) in [7, 11) is 0. The number of rotatable bonds is 6. The smallest absolute Gasteiger partial charge is 0.121 e. The highest BCUT2D eigenvalue weighted by Gasteiger charge is 2.13. The van der Waals surface area contributed by atoms with Gasteiger partial charge in [0.2, 0.25) is 0 Å². The van der Waals surface area contributed by atoms with Crippen LogP contribution in [0.2, 0.25) is 0 Å². The Hall–Kier alpha value is -3.44. The topological polar surface area (TPSA) is 60.6 Å². The molecule has 2 N–H and O–H groups in total. The number of hydrogen-bond donors (Lipinski definition) is 2. The zero-order valence-corrected chi connectivity index (χ0v) is 15.5. The van der Waals surface area contributed by atoms with E-state index in [-0.39, 0.29) is 0 Å². The maximum Gasteiger partial charge on any atom is 0.121 e. The molecular formula is C23H21N5. The first kappa shape index (κ1) is 16.7. The Balaban J connectivity index is 1.43. The van der Waals surface area contributed by atoms with Crippen LogP contribution < -0.4 is 0 Å². The highest BCUT2D eigenvalue weighted by molar-refractivity contribution is 5.75. The van der Waals surface area contributed by atoms with E-state index in [4.69, 9.17) is 9.97 Å². The van der Waals surface area contributed by atoms with Gasteiger partial charge < -0.3 is 9.97 Å². The van der Waals surface area contributed by atoms with Gasteiger partial charge in [0.05, 0.1) is 35.2 Å². The van der Waals surface area contributed by atoms with Crippen molar-refractivity contribution in [3.63, 3.8) is 0 Å². The van der Waals surface area contributed by atoms with Crippen molar-refractivity contribution in [3.05, 3.63) is 96.1 Å². The lowest BCUT2D eigenvalue weighted by molar-refractivity contribution is 0.237. The van der Waals surface area contributed by atoms with Crippen LogP contribution >= 0.6 is 0 Å². The van der Waals surface area contributed by atoms with Gasteiger partial charge in [0.15, 0.2) is 0 Å². The van der Waals surface area contributed by atoms with Crippen LogP contribution in [0.1, 0.15) is 17.2 Å². The molecule has 0 amide bonds. The van der Waals surface area contributed by atoms with E-state index in [0.29, 0.717) is 0 Å². The molecule has 0 spiro atoms. The molecule has 2 aromatic heterocycles. The largest absolute Gasteiger partial charge is 0.341 e. The van der Waals surface area contributed by atoms with E-state index in [1.165, 1.54) is 5.56 Å². The molecule has 5 aromatic rings. The molecule has 0 fully saturated rings. The van der Waals surface area contributed by atoms with Gasteiger partial charge in [0, 0.05) is 6.54 Å². The summed E-state index contributed by atoms with van der Waals surface area (Å²) in [5.41, 5.74) is 5.42. The summed E-state index contributed by atoms with van der Waals surface area (Å²) in [6.07, 6.45) is 0. The van der Waals surface area contributed by atoms with Gasteiger partial charge >= 0.3 is 0 Å². The molecule has 0 aliphatic rings. The van der Waals surface area contributed by atoms with E-state index in [9.17, 15) is 0 Å². The third-order valence-electron chi connectivity index (χ3n) is 4.87. The number of aromatic nitrogens is 4. The monoisotopic (exact) mass is 367 g/mol. The van der Waals surface area contributed by atoms with Crippen LogP contribution in [0.4, 0.5) is 0 Å². The number of hydrogen-bond acceptors (Lipinski definition) is 3. The molecular weight excluding hydrogens is 346 g/mol. The van der Waals surface area contributed by atoms with Crippen LogP contribution in [0.5, 0.6) is 0 Å². The fourth-order valence-electron chi connectivity index (χ4n) is 3.59. The van der Waals surface area contributed by atoms with Crippen LogP contribution in [0.15, 0.2) is 78.9 Å². The molecule has 0 radical (unpaired) electrons. The van der Waals surface area contributed by atoms with Crippen LogP contribution in [-0.4, -0.2) is 24.8 Å². The molecule has 0 unspecified atom stereocenters. The summed E-state index contributed by atoms with van der Waals surface area (Å²) in [6.45, 7) is 2.27. The lowest BCUT2D eigenvalue weighted by Crippen LogP contribution is -2.23. The normalized spacial score (nSPS) is 11.6. The molecule has 0 aliphatic heterocycles. The average Bonchev–Trinajstić information content (AvgIpc) is 3.31. The molecule has 5 nitrogen and oxygen atoms in total. The van der Waals surface area contributed by atoms with Crippen LogP contribution in [0.25, 0.3) is 22.1 Å². The Labute approximate surface area is 163 Å². The Kier molecular flexibility index (Phi) is 4.35. The zero-order chi connectivity index (χ0) is 18.8. The number of fused-ring (bicyclic) bond motifs is 2. The first-order chi connectivity index (χ1) is 13.8. The standard InChI is InChI=1S/C23H21N5/c1-2-8-17(9-3-1)14-28(15-22-24-18-10-4-5-11-19(18)25-22)16-23-26-20-12-6-7-13-21(20)27-23/h1-13H,14-16H2,(H,24,25)(H,26,27). The minimum absolute atomic E-state index is 0.723. The van der Waals surface area contributed by atoms with E-state index in [2.05, 4.69) is 51.3 Å². The fourth-order valence-corrected chi connectivity index (χ4v) is 3.59. The second kappa shape index (κ2) is 7.29. The van der Waals surface area contributed by atoms with Crippen LogP contribution in [0.3, 0.4) is 0 Å². The molecule has 0 bridgehead atoms. The van der Waals surface area contributed by atoms with Crippen LogP contribution in [-0.2, 0) is 19.6 Å². The highest BCUT2D eigenvalue weighted by Crippen LogP contribution is 2.17. The van der Waals surface area contributed by atoms with E-state index >= 15 is 0 Å². The Bertz CT molecular complexity index is 1060. The summed E-state index contributed by atoms with van der Waals surface area (Å²) < 4.78 is 0. The fraction of sp³-hybridized carbons (Fsp3) is 0.130. The molecule has 28 heavy (non-hydrogen) atoms. The van der Waals surface area contributed by atoms with Crippen molar-refractivity contribution in [1.29, 1.82) is 0 Å². The van der Waals surface area contributed by atoms with E-state index < -0.39 is 0 Å². The molecule has 5 rings (SSSR count). The molecule has 2 heterocycles. The molecule has 0 aliphatic carbocycles. The van der Waals surface area contributed by atoms with Gasteiger partial charge in [-0.25, -0.2) is 9.97 Å². The number of imidazole rings is 2. The van der Waals surface area contributed by atoms with E-state index in [1.807, 2.05) is 42.5 Å². The van der Waals surface area contributed by atoms with Crippen molar-refractivity contribution >= 4 is 22.1 Å². The summed E-state index contributed by atoms with van der Waals surface area (Å²) in [5.74, 6) is 1.93. The molecule has 0 saturated heterocycles. The molecule has 0 atom stereocenters. The van der Waals surface area contributed by atoms with Crippen LogP contribution in [0, 0.1) is 0 Å². The number of aromatic amines is 2. The van der Waals surface area contributed by atoms with Crippen molar-refractivity contribution < 1.29 is 0 Å². The predicted molar refractivity (Wildman–Crippen MR) is 112 cm³/mol. The first-order valence-corrected chi connectivity index (χ1v) is 9.47. The minimum atomic E-state index is 0.723.